The molecule has 0 unspecified atom stereocenters. The number of hydrogen-bond donors (Lipinski definition) is 0. The van der Waals surface area contributed by atoms with E-state index in [1.165, 1.54) is 0 Å². The number of fused-ring (bicyclic) bond motifs is 3. The highest BCUT2D eigenvalue weighted by Crippen LogP contribution is 2.28. The van der Waals surface area contributed by atoms with E-state index in [9.17, 15) is 0 Å². The van der Waals surface area contributed by atoms with Gasteiger partial charge < -0.3 is 0 Å². The Balaban J connectivity index is 1.96. The Hall–Kier alpha value is -2.18. The van der Waals surface area contributed by atoms with Gasteiger partial charge in [0.15, 0.2) is 5.82 Å². The molecule has 0 saturated heterocycles. The van der Waals surface area contributed by atoms with E-state index in [2.05, 4.69) is 17.1 Å². The van der Waals surface area contributed by atoms with Gasteiger partial charge in [-0.05, 0) is 24.0 Å². The summed E-state index contributed by atoms with van der Waals surface area (Å²) in [6, 6.07) is 11.8. The lowest BCUT2D eigenvalue weighted by atomic mass is 10.1. The molecule has 24 heavy (non-hydrogen) atoms. The number of halogens is 1. The van der Waals surface area contributed by atoms with Crippen molar-refractivity contribution in [2.75, 3.05) is 5.75 Å². The van der Waals surface area contributed by atoms with E-state index in [0.29, 0.717) is 11.6 Å². The molecule has 2 aromatic heterocycles. The lowest BCUT2D eigenvalue weighted by Crippen LogP contribution is -2.10. The fourth-order valence-electron chi connectivity index (χ4n) is 2.69. The van der Waals surface area contributed by atoms with Gasteiger partial charge >= 0.3 is 0 Å². The van der Waals surface area contributed by atoms with E-state index in [0.717, 1.165) is 39.3 Å². The molecule has 0 atom stereocenters. The highest BCUT2D eigenvalue weighted by molar-refractivity contribution is 7.99. The van der Waals surface area contributed by atoms with Gasteiger partial charge in [0, 0.05) is 5.56 Å². The molecule has 3 aromatic rings. The summed E-state index contributed by atoms with van der Waals surface area (Å²) < 4.78 is 1.94. The maximum absolute atomic E-state index is 6.41. The van der Waals surface area contributed by atoms with Crippen molar-refractivity contribution in [1.29, 1.82) is 0 Å². The van der Waals surface area contributed by atoms with Crippen molar-refractivity contribution in [3.63, 3.8) is 0 Å². The number of thioether (sulfide) groups is 1. The average Bonchev–Trinajstić information content (AvgIpc) is 3.00. The fraction of sp³-hybridized carbons (Fsp3) is 0.176. The third kappa shape index (κ3) is 2.61. The number of rotatable bonds is 3. The van der Waals surface area contributed by atoms with Gasteiger partial charge in [0.2, 0.25) is 0 Å². The topological polar surface area (TPSA) is 56.0 Å². The molecule has 1 aliphatic rings. The van der Waals surface area contributed by atoms with Gasteiger partial charge in [0.05, 0.1) is 21.4 Å². The average molecular weight is 356 g/mol. The van der Waals surface area contributed by atoms with Gasteiger partial charge in [-0.2, -0.15) is 0 Å². The van der Waals surface area contributed by atoms with Crippen LogP contribution in [0.5, 0.6) is 0 Å². The van der Waals surface area contributed by atoms with Crippen molar-refractivity contribution >= 4 is 29.1 Å². The smallest absolute Gasteiger partial charge is 0.159 e. The van der Waals surface area contributed by atoms with Crippen LogP contribution in [0.3, 0.4) is 0 Å². The Morgan fingerprint density at radius 2 is 2.08 bits per heavy atom. The zero-order chi connectivity index (χ0) is 16.5. The summed E-state index contributed by atoms with van der Waals surface area (Å²) in [5, 5.41) is 9.80. The molecular formula is C17H14ClN5S. The summed E-state index contributed by atoms with van der Waals surface area (Å²) in [5.74, 6) is 1.75. The van der Waals surface area contributed by atoms with Crippen molar-refractivity contribution in [3.05, 3.63) is 64.8 Å². The normalized spacial score (nSPS) is 13.0. The monoisotopic (exact) mass is 355 g/mol. The number of aliphatic imine (C=N–C) groups is 1. The molecular weight excluding hydrogens is 342 g/mol. The van der Waals surface area contributed by atoms with Crippen LogP contribution < -0.4 is 0 Å². The van der Waals surface area contributed by atoms with E-state index >= 15 is 0 Å². The fourth-order valence-corrected chi connectivity index (χ4v) is 3.53. The Kier molecular flexibility index (Phi) is 4.08. The number of aromatic nitrogens is 4. The van der Waals surface area contributed by atoms with Crippen LogP contribution in [0.25, 0.3) is 5.69 Å². The van der Waals surface area contributed by atoms with E-state index in [1.807, 2.05) is 41.0 Å². The summed E-state index contributed by atoms with van der Waals surface area (Å²) in [5.41, 5.74) is 3.40. The first-order chi connectivity index (χ1) is 11.8. The predicted molar refractivity (Wildman–Crippen MR) is 96.3 cm³/mol. The highest BCUT2D eigenvalue weighted by Gasteiger charge is 2.22. The van der Waals surface area contributed by atoms with Gasteiger partial charge in [-0.3, -0.25) is 9.56 Å². The Labute approximate surface area is 148 Å². The van der Waals surface area contributed by atoms with Crippen molar-refractivity contribution in [3.8, 4) is 5.69 Å². The zero-order valence-electron chi connectivity index (χ0n) is 13.0. The van der Waals surface area contributed by atoms with Crippen molar-refractivity contribution < 1.29 is 0 Å². The maximum atomic E-state index is 6.41. The molecule has 0 spiro atoms. The molecule has 7 heteroatoms. The molecule has 0 bridgehead atoms. The minimum absolute atomic E-state index is 0.438. The van der Waals surface area contributed by atoms with Gasteiger partial charge in [-0.15, -0.1) is 22.0 Å². The second kappa shape index (κ2) is 6.37. The van der Waals surface area contributed by atoms with Crippen LogP contribution in [0, 0.1) is 0 Å². The second-order valence-electron chi connectivity index (χ2n) is 5.21. The van der Waals surface area contributed by atoms with Crippen LogP contribution in [-0.2, 0) is 6.54 Å². The summed E-state index contributed by atoms with van der Waals surface area (Å²) in [4.78, 5) is 9.59. The van der Waals surface area contributed by atoms with Crippen LogP contribution in [0.1, 0.15) is 24.0 Å². The third-order valence-electron chi connectivity index (χ3n) is 3.75. The predicted octanol–water partition coefficient (Wildman–Crippen LogP) is 3.78. The van der Waals surface area contributed by atoms with Gasteiger partial charge in [-0.1, -0.05) is 36.7 Å². The van der Waals surface area contributed by atoms with Crippen LogP contribution in [0.2, 0.25) is 5.02 Å². The van der Waals surface area contributed by atoms with E-state index < -0.39 is 0 Å². The largest absolute Gasteiger partial charge is 0.282 e. The number of benzene rings is 1. The highest BCUT2D eigenvalue weighted by atomic mass is 35.5. The number of pyridine rings is 1. The standard InChI is InChI=1S/C17H14ClN5S/c1-2-24-15-8-7-13-17(21-15)16(11-5-3-4-6-12(11)18)19-9-14-22-20-10-23(13)14/h3-8,10H,2,9H2,1H3. The first-order valence-corrected chi connectivity index (χ1v) is 8.97. The van der Waals surface area contributed by atoms with Gasteiger partial charge in [0.1, 0.15) is 18.6 Å². The van der Waals surface area contributed by atoms with Crippen LogP contribution in [0.15, 0.2) is 52.7 Å². The molecule has 0 fully saturated rings. The van der Waals surface area contributed by atoms with E-state index in [4.69, 9.17) is 21.6 Å². The molecule has 0 saturated carbocycles. The molecule has 0 N–H and O–H groups in total. The molecule has 1 aliphatic heterocycles. The molecule has 0 radical (unpaired) electrons. The van der Waals surface area contributed by atoms with Crippen molar-refractivity contribution in [2.45, 2.75) is 18.5 Å². The number of nitrogens with zero attached hydrogens (tertiary/aromatic N) is 5. The molecule has 5 nitrogen and oxygen atoms in total. The summed E-state index contributed by atoms with van der Waals surface area (Å²) in [7, 11) is 0. The Bertz CT molecular complexity index is 934. The van der Waals surface area contributed by atoms with E-state index in [-0.39, 0.29) is 0 Å². The third-order valence-corrected chi connectivity index (χ3v) is 4.89. The van der Waals surface area contributed by atoms with Crippen LogP contribution in [-0.4, -0.2) is 31.2 Å². The quantitative estimate of drug-likeness (QED) is 0.671. The number of hydrogen-bond acceptors (Lipinski definition) is 5. The summed E-state index contributed by atoms with van der Waals surface area (Å²) >= 11 is 8.12. The van der Waals surface area contributed by atoms with E-state index in [1.54, 1.807) is 18.1 Å². The molecule has 0 aliphatic carbocycles. The molecule has 0 amide bonds. The minimum atomic E-state index is 0.438. The SMILES string of the molecule is CCSc1ccc2c(n1)C(c1ccccc1Cl)=NCc1nncn1-2. The zero-order valence-corrected chi connectivity index (χ0v) is 14.6. The Morgan fingerprint density at radius 1 is 1.21 bits per heavy atom. The molecule has 4 rings (SSSR count). The molecule has 3 heterocycles. The first-order valence-electron chi connectivity index (χ1n) is 7.60. The van der Waals surface area contributed by atoms with Crippen LogP contribution in [0.4, 0.5) is 0 Å². The molecule has 1 aromatic carbocycles. The first kappa shape index (κ1) is 15.4. The molecule has 120 valence electrons. The van der Waals surface area contributed by atoms with Crippen LogP contribution >= 0.6 is 23.4 Å². The Morgan fingerprint density at radius 3 is 2.92 bits per heavy atom. The lowest BCUT2D eigenvalue weighted by Gasteiger charge is -2.12. The summed E-state index contributed by atoms with van der Waals surface area (Å²) in [6.07, 6.45) is 1.70. The van der Waals surface area contributed by atoms with Crippen molar-refractivity contribution in [2.24, 2.45) is 4.99 Å². The van der Waals surface area contributed by atoms with Crippen molar-refractivity contribution in [1.82, 2.24) is 19.7 Å². The lowest BCUT2D eigenvalue weighted by molar-refractivity contribution is 0.867. The van der Waals surface area contributed by atoms with Gasteiger partial charge in [0.25, 0.3) is 0 Å². The second-order valence-corrected chi connectivity index (χ2v) is 6.90. The van der Waals surface area contributed by atoms with Gasteiger partial charge in [-0.25, -0.2) is 4.98 Å². The minimum Gasteiger partial charge on any atom is -0.282 e. The maximum Gasteiger partial charge on any atom is 0.159 e. The summed E-state index contributed by atoms with van der Waals surface area (Å²) in [6.45, 7) is 2.55.